The first-order chi connectivity index (χ1) is 14.8. The van der Waals surface area contributed by atoms with Crippen molar-refractivity contribution in [3.05, 3.63) is 87.6 Å². The molecule has 3 rings (SSSR count). The fraction of sp³-hybridized carbons (Fsp3) is 0.217. The number of hydrogen-bond donors (Lipinski definition) is 1. The van der Waals surface area contributed by atoms with Gasteiger partial charge in [0.1, 0.15) is 0 Å². The summed E-state index contributed by atoms with van der Waals surface area (Å²) in [5.74, 6) is -0.405. The van der Waals surface area contributed by atoms with Gasteiger partial charge in [-0.25, -0.2) is 8.42 Å². The van der Waals surface area contributed by atoms with Crippen LogP contribution in [0.5, 0.6) is 0 Å². The molecule has 0 aliphatic rings. The smallest absolute Gasteiger partial charge is 0.243 e. The second-order valence-electron chi connectivity index (χ2n) is 7.01. The third kappa shape index (κ3) is 5.39. The van der Waals surface area contributed by atoms with Gasteiger partial charge < -0.3 is 5.32 Å². The lowest BCUT2D eigenvalue weighted by molar-refractivity contribution is -0.121. The molecule has 0 saturated carbocycles. The van der Waals surface area contributed by atoms with Gasteiger partial charge in [-0.05, 0) is 53.3 Å². The van der Waals surface area contributed by atoms with Crippen LogP contribution < -0.4 is 5.32 Å². The molecular formula is C23H23N3O3S2. The number of likely N-dealkylation sites (N-methyl/N-ethyl adjacent to an activating group) is 1. The third-order valence-electron chi connectivity index (χ3n) is 4.91. The average molecular weight is 454 g/mol. The zero-order valence-electron chi connectivity index (χ0n) is 17.3. The fourth-order valence-electron chi connectivity index (χ4n) is 3.10. The quantitative estimate of drug-likeness (QED) is 0.563. The zero-order chi connectivity index (χ0) is 22.4. The summed E-state index contributed by atoms with van der Waals surface area (Å²) < 4.78 is 26.6. The van der Waals surface area contributed by atoms with Crippen LogP contribution in [-0.2, 0) is 21.2 Å². The molecule has 0 aliphatic heterocycles. The number of thiophene rings is 1. The van der Waals surface area contributed by atoms with E-state index < -0.39 is 15.9 Å². The van der Waals surface area contributed by atoms with Gasteiger partial charge in [0.05, 0.1) is 29.1 Å². The van der Waals surface area contributed by atoms with Gasteiger partial charge >= 0.3 is 0 Å². The predicted octanol–water partition coefficient (Wildman–Crippen LogP) is 3.71. The summed E-state index contributed by atoms with van der Waals surface area (Å²) in [4.78, 5) is 13.8. The lowest BCUT2D eigenvalue weighted by atomic mass is 10.0. The Bertz CT molecular complexity index is 1160. The van der Waals surface area contributed by atoms with Crippen LogP contribution in [0.4, 0.5) is 0 Å². The molecule has 1 unspecified atom stereocenters. The molecule has 0 saturated heterocycles. The van der Waals surface area contributed by atoms with Crippen LogP contribution in [-0.4, -0.2) is 32.2 Å². The van der Waals surface area contributed by atoms with Crippen molar-refractivity contribution >= 4 is 27.3 Å². The predicted molar refractivity (Wildman–Crippen MR) is 121 cm³/mol. The summed E-state index contributed by atoms with van der Waals surface area (Å²) in [6, 6.07) is 19.1. The Morgan fingerprint density at radius 1 is 1.13 bits per heavy atom. The molecule has 6 nitrogen and oxygen atoms in total. The van der Waals surface area contributed by atoms with E-state index in [1.807, 2.05) is 47.8 Å². The Hall–Kier alpha value is -2.99. The highest BCUT2D eigenvalue weighted by Crippen LogP contribution is 2.26. The van der Waals surface area contributed by atoms with Crippen LogP contribution in [0, 0.1) is 11.3 Å². The minimum absolute atomic E-state index is 0.0340. The van der Waals surface area contributed by atoms with Crippen LogP contribution in [0.1, 0.15) is 34.5 Å². The Kier molecular flexibility index (Phi) is 7.23. The molecule has 1 N–H and O–H groups in total. The van der Waals surface area contributed by atoms with E-state index in [2.05, 4.69) is 12.2 Å². The van der Waals surface area contributed by atoms with Crippen LogP contribution in [0.25, 0.3) is 0 Å². The highest BCUT2D eigenvalue weighted by Gasteiger charge is 2.25. The maximum Gasteiger partial charge on any atom is 0.243 e. The highest BCUT2D eigenvalue weighted by atomic mass is 32.2. The first-order valence-electron chi connectivity index (χ1n) is 9.73. The van der Waals surface area contributed by atoms with Gasteiger partial charge in [-0.1, -0.05) is 37.3 Å². The summed E-state index contributed by atoms with van der Waals surface area (Å²) in [5, 5.41) is 13.8. The van der Waals surface area contributed by atoms with Gasteiger partial charge in [0.25, 0.3) is 0 Å². The number of nitrogens with one attached hydrogen (secondary N) is 1. The Balaban J connectivity index is 1.76. The van der Waals surface area contributed by atoms with E-state index in [0.717, 1.165) is 21.2 Å². The molecule has 0 fully saturated rings. The largest absolute Gasteiger partial charge is 0.343 e. The number of hydrogen-bond acceptors (Lipinski definition) is 5. The van der Waals surface area contributed by atoms with Crippen LogP contribution in [0.15, 0.2) is 70.9 Å². The maximum atomic E-state index is 12.8. The molecular weight excluding hydrogens is 430 g/mol. The molecule has 160 valence electrons. The Labute approximate surface area is 186 Å². The van der Waals surface area contributed by atoms with Crippen LogP contribution >= 0.6 is 11.3 Å². The molecule has 1 atom stereocenters. The minimum atomic E-state index is -3.86. The van der Waals surface area contributed by atoms with E-state index in [-0.39, 0.29) is 17.5 Å². The van der Waals surface area contributed by atoms with Crippen molar-refractivity contribution < 1.29 is 13.2 Å². The lowest BCUT2D eigenvalue weighted by Gasteiger charge is -2.21. The molecule has 0 radical (unpaired) electrons. The fourth-order valence-corrected chi connectivity index (χ4v) is 5.02. The molecule has 1 heterocycles. The molecule has 1 aromatic heterocycles. The van der Waals surface area contributed by atoms with E-state index in [0.29, 0.717) is 5.56 Å². The van der Waals surface area contributed by atoms with Crippen molar-refractivity contribution in [2.45, 2.75) is 24.3 Å². The van der Waals surface area contributed by atoms with Gasteiger partial charge in [-0.15, -0.1) is 11.3 Å². The highest BCUT2D eigenvalue weighted by molar-refractivity contribution is 7.89. The Morgan fingerprint density at radius 2 is 1.81 bits per heavy atom. The molecule has 0 spiro atoms. The third-order valence-corrected chi connectivity index (χ3v) is 7.67. The van der Waals surface area contributed by atoms with Crippen molar-refractivity contribution in [2.24, 2.45) is 0 Å². The topological polar surface area (TPSA) is 90.3 Å². The van der Waals surface area contributed by atoms with Crippen LogP contribution in [0.2, 0.25) is 0 Å². The van der Waals surface area contributed by atoms with Gasteiger partial charge in [0, 0.05) is 11.9 Å². The van der Waals surface area contributed by atoms with E-state index in [9.17, 15) is 13.2 Å². The SMILES string of the molecule is CCc1ccc(C(NC(=O)CN(C)S(=O)(=O)c2ccc(C#N)cc2)c2cccs2)cc1. The van der Waals surface area contributed by atoms with E-state index in [4.69, 9.17) is 5.26 Å². The van der Waals surface area contributed by atoms with E-state index in [1.165, 1.54) is 48.2 Å². The standard InChI is InChI=1S/C23H23N3O3S2/c1-3-17-6-10-19(11-7-17)23(21-5-4-14-30-21)25-22(27)16-26(2)31(28,29)20-12-8-18(15-24)9-13-20/h4-14,23H,3,16H2,1-2H3,(H,25,27). The maximum absolute atomic E-state index is 12.8. The van der Waals surface area contributed by atoms with Crippen molar-refractivity contribution in [2.75, 3.05) is 13.6 Å². The number of aryl methyl sites for hydroxylation is 1. The number of sulfonamides is 1. The van der Waals surface area contributed by atoms with Gasteiger partial charge in [0.2, 0.25) is 15.9 Å². The number of benzene rings is 2. The Morgan fingerprint density at radius 3 is 2.35 bits per heavy atom. The zero-order valence-corrected chi connectivity index (χ0v) is 18.9. The number of amides is 1. The number of carbonyl (C=O) groups is 1. The second-order valence-corrected chi connectivity index (χ2v) is 10.0. The van der Waals surface area contributed by atoms with Gasteiger partial charge in [0.15, 0.2) is 0 Å². The number of nitrogens with zero attached hydrogens (tertiary/aromatic N) is 2. The molecule has 31 heavy (non-hydrogen) atoms. The monoisotopic (exact) mass is 453 g/mol. The van der Waals surface area contributed by atoms with Gasteiger partial charge in [-0.2, -0.15) is 9.57 Å². The molecule has 0 aliphatic carbocycles. The normalized spacial score (nSPS) is 12.3. The van der Waals surface area contributed by atoms with Gasteiger partial charge in [-0.3, -0.25) is 4.79 Å². The van der Waals surface area contributed by atoms with E-state index >= 15 is 0 Å². The second kappa shape index (κ2) is 9.88. The van der Waals surface area contributed by atoms with Crippen molar-refractivity contribution in [3.8, 4) is 6.07 Å². The summed E-state index contributed by atoms with van der Waals surface area (Å²) >= 11 is 1.53. The summed E-state index contributed by atoms with van der Waals surface area (Å²) in [5.41, 5.74) is 2.51. The first-order valence-corrected chi connectivity index (χ1v) is 12.0. The number of rotatable bonds is 8. The summed E-state index contributed by atoms with van der Waals surface area (Å²) in [7, 11) is -2.49. The summed E-state index contributed by atoms with van der Waals surface area (Å²) in [6.45, 7) is 1.76. The number of carbonyl (C=O) groups excluding carboxylic acids is 1. The first kappa shape index (κ1) is 22.7. The summed E-state index contributed by atoms with van der Waals surface area (Å²) in [6.07, 6.45) is 0.925. The van der Waals surface area contributed by atoms with E-state index in [1.54, 1.807) is 0 Å². The number of nitriles is 1. The molecule has 0 bridgehead atoms. The lowest BCUT2D eigenvalue weighted by Crippen LogP contribution is -2.40. The molecule has 2 aromatic carbocycles. The van der Waals surface area contributed by atoms with Crippen molar-refractivity contribution in [3.63, 3.8) is 0 Å². The molecule has 3 aromatic rings. The molecule has 1 amide bonds. The van der Waals surface area contributed by atoms with Crippen LogP contribution in [0.3, 0.4) is 0 Å². The average Bonchev–Trinajstić information content (AvgIpc) is 3.32. The van der Waals surface area contributed by atoms with Crippen molar-refractivity contribution in [1.29, 1.82) is 5.26 Å². The molecule has 8 heteroatoms. The minimum Gasteiger partial charge on any atom is -0.343 e. The van der Waals surface area contributed by atoms with Crippen molar-refractivity contribution in [1.82, 2.24) is 9.62 Å².